The van der Waals surface area contributed by atoms with Gasteiger partial charge < -0.3 is 0 Å². The molecule has 2 rings (SSSR count). The van der Waals surface area contributed by atoms with Gasteiger partial charge in [-0.2, -0.15) is 0 Å². The Labute approximate surface area is 160 Å². The van der Waals surface area contributed by atoms with E-state index in [0.29, 0.717) is 0 Å². The van der Waals surface area contributed by atoms with Crippen molar-refractivity contribution in [2.45, 2.75) is 75.2 Å². The minimum absolute atomic E-state index is 1.14. The van der Waals surface area contributed by atoms with E-state index in [1.54, 1.807) is 6.08 Å². The summed E-state index contributed by atoms with van der Waals surface area (Å²) in [6, 6.07) is 20.7. The van der Waals surface area contributed by atoms with Crippen LogP contribution in [0.4, 0.5) is 0 Å². The molecule has 25 heavy (non-hydrogen) atoms. The van der Waals surface area contributed by atoms with Crippen LogP contribution in [0.2, 0.25) is 0 Å². The van der Waals surface area contributed by atoms with Crippen LogP contribution in [0, 0.1) is 6.92 Å². The van der Waals surface area contributed by atoms with Crippen LogP contribution in [-0.2, 0) is 6.42 Å². The minimum atomic E-state index is 1.14. The van der Waals surface area contributed by atoms with Crippen LogP contribution in [0.5, 0.6) is 0 Å². The summed E-state index contributed by atoms with van der Waals surface area (Å²) in [6.07, 6.45) is 4.14. The highest BCUT2D eigenvalue weighted by molar-refractivity contribution is 5.14. The third-order valence-electron chi connectivity index (χ3n) is 2.19. The Morgan fingerprint density at radius 3 is 1.16 bits per heavy atom. The lowest BCUT2D eigenvalue weighted by Gasteiger charge is -1.89. The normalized spacial score (nSPS) is 7.08. The fourth-order valence-electron chi connectivity index (χ4n) is 1.25. The molecule has 0 aliphatic carbocycles. The molecule has 0 saturated carbocycles. The van der Waals surface area contributed by atoms with Gasteiger partial charge in [0, 0.05) is 0 Å². The predicted molar refractivity (Wildman–Crippen MR) is 122 cm³/mol. The van der Waals surface area contributed by atoms with Crippen molar-refractivity contribution in [2.24, 2.45) is 0 Å². The second kappa shape index (κ2) is 33.7. The van der Waals surface area contributed by atoms with Crippen LogP contribution < -0.4 is 0 Å². The minimum Gasteiger partial charge on any atom is -0.103 e. The summed E-state index contributed by atoms with van der Waals surface area (Å²) >= 11 is 0. The molecule has 0 fully saturated rings. The first kappa shape index (κ1) is 31.0. The molecule has 0 heterocycles. The molecule has 0 saturated heterocycles. The van der Waals surface area contributed by atoms with E-state index >= 15 is 0 Å². The van der Waals surface area contributed by atoms with Crippen LogP contribution >= 0.6 is 0 Å². The highest BCUT2D eigenvalue weighted by atomic mass is 13.9. The van der Waals surface area contributed by atoms with Crippen molar-refractivity contribution in [3.05, 3.63) is 84.4 Å². The molecular weight excluding hydrogens is 300 g/mol. The van der Waals surface area contributed by atoms with Crippen molar-refractivity contribution in [2.75, 3.05) is 0 Å². The molecule has 0 N–H and O–H groups in total. The van der Waals surface area contributed by atoms with Gasteiger partial charge in [-0.15, -0.1) is 6.58 Å². The Balaban J connectivity index is -0.000000118. The van der Waals surface area contributed by atoms with Crippen LogP contribution in [-0.4, -0.2) is 0 Å². The molecule has 0 atom stereocenters. The molecule has 144 valence electrons. The predicted octanol–water partition coefficient (Wildman–Crippen LogP) is 8.91. The molecule has 0 aromatic heterocycles. The maximum atomic E-state index is 3.36. The SMILES string of the molecule is C=CC.CC.CC.CCC.CCc1ccccc1.Cc1ccccc1. The van der Waals surface area contributed by atoms with Crippen LogP contribution in [0.25, 0.3) is 0 Å². The van der Waals surface area contributed by atoms with E-state index in [1.807, 2.05) is 58.9 Å². The lowest BCUT2D eigenvalue weighted by molar-refractivity contribution is 1.09. The molecule has 0 unspecified atom stereocenters. The molecule has 0 amide bonds. The Morgan fingerprint density at radius 2 is 1.00 bits per heavy atom. The van der Waals surface area contributed by atoms with Gasteiger partial charge in [0.05, 0.1) is 0 Å². The van der Waals surface area contributed by atoms with E-state index in [9.17, 15) is 0 Å². The highest BCUT2D eigenvalue weighted by Gasteiger charge is 1.80. The van der Waals surface area contributed by atoms with Gasteiger partial charge in [0.15, 0.2) is 0 Å². The molecule has 0 bridgehead atoms. The van der Waals surface area contributed by atoms with E-state index in [-0.39, 0.29) is 0 Å². The largest absolute Gasteiger partial charge is 0.103 e. The summed E-state index contributed by atoms with van der Waals surface area (Å²) in [7, 11) is 0. The monoisotopic (exact) mass is 344 g/mol. The van der Waals surface area contributed by atoms with E-state index in [0.717, 1.165) is 6.42 Å². The van der Waals surface area contributed by atoms with Crippen molar-refractivity contribution < 1.29 is 0 Å². The van der Waals surface area contributed by atoms with Gasteiger partial charge in [0.1, 0.15) is 0 Å². The molecular formula is C25H44. The van der Waals surface area contributed by atoms with E-state index in [2.05, 4.69) is 70.7 Å². The van der Waals surface area contributed by atoms with Crippen molar-refractivity contribution in [1.29, 1.82) is 0 Å². The van der Waals surface area contributed by atoms with Gasteiger partial charge in [-0.3, -0.25) is 0 Å². The zero-order valence-corrected chi connectivity index (χ0v) is 18.5. The van der Waals surface area contributed by atoms with Crippen molar-refractivity contribution in [3.8, 4) is 0 Å². The molecule has 0 radical (unpaired) electrons. The third kappa shape index (κ3) is 34.5. The Bertz CT molecular complexity index is 401. The second-order valence-electron chi connectivity index (χ2n) is 4.61. The van der Waals surface area contributed by atoms with Gasteiger partial charge in [-0.1, -0.05) is 127 Å². The van der Waals surface area contributed by atoms with E-state index < -0.39 is 0 Å². The Hall–Kier alpha value is -1.82. The van der Waals surface area contributed by atoms with E-state index in [4.69, 9.17) is 0 Å². The molecule has 2 aromatic carbocycles. The highest BCUT2D eigenvalue weighted by Crippen LogP contribution is 1.96. The summed E-state index contributed by atoms with van der Waals surface area (Å²) in [5, 5.41) is 0. The van der Waals surface area contributed by atoms with E-state index in [1.165, 1.54) is 17.5 Å². The fourth-order valence-corrected chi connectivity index (χ4v) is 1.25. The van der Waals surface area contributed by atoms with Crippen molar-refractivity contribution >= 4 is 0 Å². The number of allylic oxidation sites excluding steroid dienone is 1. The average Bonchev–Trinajstić information content (AvgIpc) is 2.68. The summed E-state index contributed by atoms with van der Waals surface area (Å²) in [6.45, 7) is 21.7. The van der Waals surface area contributed by atoms with Gasteiger partial charge >= 0.3 is 0 Å². The van der Waals surface area contributed by atoms with Crippen molar-refractivity contribution in [3.63, 3.8) is 0 Å². The molecule has 2 aromatic rings. The van der Waals surface area contributed by atoms with Crippen LogP contribution in [0.1, 0.15) is 72.9 Å². The second-order valence-corrected chi connectivity index (χ2v) is 4.61. The Kier molecular flexibility index (Phi) is 41.8. The maximum Gasteiger partial charge on any atom is -0.0307 e. The molecule has 0 heteroatoms. The zero-order chi connectivity index (χ0) is 20.3. The molecule has 0 spiro atoms. The zero-order valence-electron chi connectivity index (χ0n) is 18.5. The first-order valence-electron chi connectivity index (χ1n) is 9.78. The standard InChI is InChI=1S/C8H10.C7H8.C3H8.C3H6.2C2H6/c1-2-8-6-4-3-5-7-8;1-7-5-3-2-4-6-7;2*1-3-2;2*1-2/h3-7H,2H2,1H3;2-6H,1H3;3H2,1-2H3;3H,1H2,2H3;2*1-2H3. The number of hydrogen-bond donors (Lipinski definition) is 0. The molecule has 0 nitrogen and oxygen atoms in total. The average molecular weight is 345 g/mol. The van der Waals surface area contributed by atoms with Crippen LogP contribution in [0.15, 0.2) is 73.3 Å². The summed E-state index contributed by atoms with van der Waals surface area (Å²) in [4.78, 5) is 0. The quantitative estimate of drug-likeness (QED) is 0.453. The lowest BCUT2D eigenvalue weighted by atomic mass is 10.2. The van der Waals surface area contributed by atoms with Gasteiger partial charge in [0.2, 0.25) is 0 Å². The molecule has 0 aliphatic rings. The van der Waals surface area contributed by atoms with Crippen molar-refractivity contribution in [1.82, 2.24) is 0 Å². The number of hydrogen-bond acceptors (Lipinski definition) is 0. The topological polar surface area (TPSA) is 0 Å². The van der Waals surface area contributed by atoms with Gasteiger partial charge in [-0.05, 0) is 25.8 Å². The number of benzene rings is 2. The smallest absolute Gasteiger partial charge is 0.0307 e. The Morgan fingerprint density at radius 1 is 0.720 bits per heavy atom. The van der Waals surface area contributed by atoms with Gasteiger partial charge in [-0.25, -0.2) is 0 Å². The first-order chi connectivity index (χ1) is 12.2. The number of aryl methyl sites for hydroxylation is 2. The maximum absolute atomic E-state index is 3.36. The lowest BCUT2D eigenvalue weighted by Crippen LogP contribution is -1.73. The summed E-state index contributed by atoms with van der Waals surface area (Å²) in [5.41, 5.74) is 2.73. The molecule has 0 aliphatic heterocycles. The summed E-state index contributed by atoms with van der Waals surface area (Å²) in [5.74, 6) is 0. The third-order valence-corrected chi connectivity index (χ3v) is 2.19. The fraction of sp³-hybridized carbons (Fsp3) is 0.440. The van der Waals surface area contributed by atoms with Crippen LogP contribution in [0.3, 0.4) is 0 Å². The van der Waals surface area contributed by atoms with Gasteiger partial charge in [0.25, 0.3) is 0 Å². The first-order valence-corrected chi connectivity index (χ1v) is 9.78. The summed E-state index contributed by atoms with van der Waals surface area (Å²) < 4.78 is 0. The number of rotatable bonds is 1.